The van der Waals surface area contributed by atoms with E-state index in [1.807, 2.05) is 0 Å². The zero-order chi connectivity index (χ0) is 19.4. The highest BCUT2D eigenvalue weighted by Gasteiger charge is 2.47. The molecule has 27 heavy (non-hydrogen) atoms. The number of amides is 1. The Balaban J connectivity index is 1.82. The van der Waals surface area contributed by atoms with E-state index in [9.17, 15) is 4.79 Å². The molecule has 0 spiro atoms. The first kappa shape index (κ1) is 19.9. The molecular formula is C24H33NOSi. The highest BCUT2D eigenvalue weighted by molar-refractivity contribution is 6.79. The highest BCUT2D eigenvalue weighted by Crippen LogP contribution is 2.37. The van der Waals surface area contributed by atoms with Gasteiger partial charge in [-0.1, -0.05) is 82.3 Å². The Morgan fingerprint density at radius 2 is 1.44 bits per heavy atom. The largest absolute Gasteiger partial charge is 0.366 e. The standard InChI is InChI=1S/C24H33NOSi/c1-5-27(6-2,7-3)25-23(17-19(4)24(25)26)18-20-13-15-22(16-14-20)21-11-9-8-10-12-21/h8-16,19,23H,5-7,17-18H2,1-4H3/t19?,23-/m0/s1. The number of hydrogen-bond donors (Lipinski definition) is 0. The van der Waals surface area contributed by atoms with Crippen LogP contribution in [0.15, 0.2) is 54.6 Å². The smallest absolute Gasteiger partial charge is 0.217 e. The second kappa shape index (κ2) is 8.43. The molecule has 3 rings (SSSR count). The summed E-state index contributed by atoms with van der Waals surface area (Å²) in [5.41, 5.74) is 3.86. The average molecular weight is 380 g/mol. The lowest BCUT2D eigenvalue weighted by molar-refractivity contribution is -0.127. The van der Waals surface area contributed by atoms with Gasteiger partial charge in [-0.3, -0.25) is 4.79 Å². The summed E-state index contributed by atoms with van der Waals surface area (Å²) in [7, 11) is -1.69. The van der Waals surface area contributed by atoms with E-state index in [1.54, 1.807) is 0 Å². The van der Waals surface area contributed by atoms with Gasteiger partial charge in [0.25, 0.3) is 0 Å². The van der Waals surface area contributed by atoms with Crippen molar-refractivity contribution >= 4 is 14.1 Å². The zero-order valence-electron chi connectivity index (χ0n) is 17.2. The van der Waals surface area contributed by atoms with Crippen LogP contribution in [0.3, 0.4) is 0 Å². The van der Waals surface area contributed by atoms with E-state index in [0.717, 1.165) is 12.8 Å². The van der Waals surface area contributed by atoms with Crippen LogP contribution in [-0.4, -0.2) is 24.7 Å². The molecule has 1 heterocycles. The van der Waals surface area contributed by atoms with Crippen LogP contribution in [0, 0.1) is 5.92 Å². The molecule has 1 saturated heterocycles. The van der Waals surface area contributed by atoms with Gasteiger partial charge >= 0.3 is 0 Å². The van der Waals surface area contributed by atoms with Crippen LogP contribution in [0.2, 0.25) is 18.1 Å². The van der Waals surface area contributed by atoms with E-state index in [4.69, 9.17) is 0 Å². The lowest BCUT2D eigenvalue weighted by atomic mass is 9.98. The van der Waals surface area contributed by atoms with E-state index in [1.165, 1.54) is 34.8 Å². The normalized spacial score (nSPS) is 20.3. The third-order valence-electron chi connectivity index (χ3n) is 6.67. The summed E-state index contributed by atoms with van der Waals surface area (Å²) < 4.78 is 2.41. The molecule has 2 nitrogen and oxygen atoms in total. The molecule has 2 aromatic carbocycles. The summed E-state index contributed by atoms with van der Waals surface area (Å²) >= 11 is 0. The van der Waals surface area contributed by atoms with Crippen molar-refractivity contribution in [2.75, 3.05) is 0 Å². The van der Waals surface area contributed by atoms with Gasteiger partial charge in [0.1, 0.15) is 0 Å². The third kappa shape index (κ3) is 3.89. The van der Waals surface area contributed by atoms with Gasteiger partial charge in [0.2, 0.25) is 5.91 Å². The number of nitrogens with zero attached hydrogens (tertiary/aromatic N) is 1. The summed E-state index contributed by atoms with van der Waals surface area (Å²) in [6.07, 6.45) is 1.99. The number of hydrogen-bond acceptors (Lipinski definition) is 1. The minimum atomic E-state index is -1.69. The first-order valence-electron chi connectivity index (χ1n) is 10.5. The van der Waals surface area contributed by atoms with Crippen molar-refractivity contribution < 1.29 is 4.79 Å². The van der Waals surface area contributed by atoms with E-state index in [0.29, 0.717) is 11.9 Å². The lowest BCUT2D eigenvalue weighted by Crippen LogP contribution is -2.57. The molecule has 3 heteroatoms. The minimum absolute atomic E-state index is 0.176. The van der Waals surface area contributed by atoms with E-state index in [-0.39, 0.29) is 5.92 Å². The maximum absolute atomic E-state index is 13.0. The Kier molecular flexibility index (Phi) is 6.21. The van der Waals surface area contributed by atoms with Crippen molar-refractivity contribution in [1.82, 2.24) is 4.57 Å². The Hall–Kier alpha value is -1.87. The van der Waals surface area contributed by atoms with Crippen molar-refractivity contribution in [1.29, 1.82) is 0 Å². The van der Waals surface area contributed by atoms with E-state index in [2.05, 4.69) is 86.9 Å². The first-order chi connectivity index (χ1) is 13.0. The van der Waals surface area contributed by atoms with Gasteiger partial charge in [-0.25, -0.2) is 0 Å². The fourth-order valence-corrected chi connectivity index (χ4v) is 9.01. The molecule has 1 aliphatic heterocycles. The Labute approximate surface area is 165 Å². The highest BCUT2D eigenvalue weighted by atomic mass is 28.3. The number of benzene rings is 2. The minimum Gasteiger partial charge on any atom is -0.366 e. The van der Waals surface area contributed by atoms with Gasteiger partial charge in [-0.2, -0.15) is 0 Å². The quantitative estimate of drug-likeness (QED) is 0.529. The molecule has 2 atom stereocenters. The SMILES string of the molecule is CC[Si](CC)(CC)N1C(=O)C(C)C[C@H]1Cc1ccc(-c2ccccc2)cc1. The Bertz CT molecular complexity index is 743. The van der Waals surface area contributed by atoms with Gasteiger partial charge in [-0.15, -0.1) is 0 Å². The number of rotatable bonds is 7. The van der Waals surface area contributed by atoms with Gasteiger partial charge in [0, 0.05) is 12.0 Å². The molecule has 1 unspecified atom stereocenters. The number of carbonyl (C=O) groups excluding carboxylic acids is 1. The summed E-state index contributed by atoms with van der Waals surface area (Å²) in [5.74, 6) is 0.591. The fourth-order valence-electron chi connectivity index (χ4n) is 4.82. The van der Waals surface area contributed by atoms with E-state index >= 15 is 0 Å². The Morgan fingerprint density at radius 3 is 2.00 bits per heavy atom. The van der Waals surface area contributed by atoms with E-state index < -0.39 is 8.24 Å². The molecule has 0 N–H and O–H groups in total. The molecule has 0 aromatic heterocycles. The van der Waals surface area contributed by atoms with Crippen LogP contribution in [0.5, 0.6) is 0 Å². The van der Waals surface area contributed by atoms with Crippen molar-refractivity contribution in [2.45, 2.75) is 64.7 Å². The topological polar surface area (TPSA) is 20.3 Å². The molecule has 0 radical (unpaired) electrons. The molecule has 144 valence electrons. The second-order valence-electron chi connectivity index (χ2n) is 8.05. The van der Waals surface area contributed by atoms with Gasteiger partial charge < -0.3 is 4.57 Å². The van der Waals surface area contributed by atoms with Gasteiger partial charge in [0.05, 0.1) is 0 Å². The fraction of sp³-hybridized carbons (Fsp3) is 0.458. The molecule has 1 fully saturated rings. The lowest BCUT2D eigenvalue weighted by Gasteiger charge is -2.42. The van der Waals surface area contributed by atoms with Crippen LogP contribution < -0.4 is 0 Å². The van der Waals surface area contributed by atoms with Crippen molar-refractivity contribution in [3.8, 4) is 11.1 Å². The molecular weight excluding hydrogens is 346 g/mol. The Morgan fingerprint density at radius 1 is 0.889 bits per heavy atom. The molecule has 0 aliphatic carbocycles. The first-order valence-corrected chi connectivity index (χ1v) is 13.1. The summed E-state index contributed by atoms with van der Waals surface area (Å²) in [6.45, 7) is 9.00. The van der Waals surface area contributed by atoms with Crippen molar-refractivity contribution in [3.63, 3.8) is 0 Å². The van der Waals surface area contributed by atoms with Crippen LogP contribution in [0.25, 0.3) is 11.1 Å². The maximum Gasteiger partial charge on any atom is 0.217 e. The molecule has 1 amide bonds. The van der Waals surface area contributed by atoms with Gasteiger partial charge in [-0.05, 0) is 47.7 Å². The number of carbonyl (C=O) groups is 1. The van der Waals surface area contributed by atoms with Crippen LogP contribution in [0.4, 0.5) is 0 Å². The molecule has 2 aromatic rings. The predicted molar refractivity (Wildman–Crippen MR) is 117 cm³/mol. The second-order valence-corrected chi connectivity index (χ2v) is 13.1. The molecule has 0 saturated carbocycles. The van der Waals surface area contributed by atoms with Crippen LogP contribution in [-0.2, 0) is 11.2 Å². The predicted octanol–water partition coefficient (Wildman–Crippen LogP) is 6.14. The van der Waals surface area contributed by atoms with Crippen LogP contribution in [0.1, 0.15) is 39.7 Å². The molecule has 0 bridgehead atoms. The summed E-state index contributed by atoms with van der Waals surface area (Å²) in [5, 5.41) is 0. The van der Waals surface area contributed by atoms with Gasteiger partial charge in [0.15, 0.2) is 8.24 Å². The monoisotopic (exact) mass is 379 g/mol. The van der Waals surface area contributed by atoms with Crippen LogP contribution >= 0.6 is 0 Å². The molecule has 1 aliphatic rings. The average Bonchev–Trinajstić information content (AvgIpc) is 2.99. The van der Waals surface area contributed by atoms with Crippen molar-refractivity contribution in [2.24, 2.45) is 5.92 Å². The summed E-state index contributed by atoms with van der Waals surface area (Å²) in [6, 6.07) is 23.3. The van der Waals surface area contributed by atoms with Crippen molar-refractivity contribution in [3.05, 3.63) is 60.2 Å². The zero-order valence-corrected chi connectivity index (χ0v) is 18.2. The summed E-state index contributed by atoms with van der Waals surface area (Å²) in [4.78, 5) is 13.0. The third-order valence-corrected chi connectivity index (χ3v) is 12.2. The maximum atomic E-state index is 13.0.